The van der Waals surface area contributed by atoms with Gasteiger partial charge in [0, 0.05) is 11.8 Å². The second kappa shape index (κ2) is 7.91. The summed E-state index contributed by atoms with van der Waals surface area (Å²) in [7, 11) is 1.55. The normalized spacial score (nSPS) is 10.7. The second-order valence-corrected chi connectivity index (χ2v) is 6.09. The number of thioether (sulfide) groups is 1. The third-order valence-electron chi connectivity index (χ3n) is 3.36. The maximum Gasteiger partial charge on any atom is 0.234 e. The number of fused-ring (bicyclic) bond motifs is 1. The number of nitrogens with two attached hydrogens (primary N) is 1. The lowest BCUT2D eigenvalue weighted by molar-refractivity contribution is -0.113. The molecule has 2 heterocycles. The van der Waals surface area contributed by atoms with E-state index in [1.165, 1.54) is 18.1 Å². The van der Waals surface area contributed by atoms with E-state index in [2.05, 4.69) is 25.3 Å². The molecule has 1 aromatic carbocycles. The molecule has 9 nitrogen and oxygen atoms in total. The number of methoxy groups -OCH3 is 1. The Morgan fingerprint density at radius 1 is 1.35 bits per heavy atom. The standard InChI is InChI=1S/C16H18N6O3S/c1-3-25-10-5-4-9(6-11(10)24-2)20-12(23)7-26-15-13-14(19-8-18-13)21-16(17)22-15/h4-6,8H,3,7H2,1-2H3,(H,20,23)(H3,17,18,19,21,22). The van der Waals surface area contributed by atoms with Crippen molar-refractivity contribution in [3.05, 3.63) is 24.5 Å². The zero-order valence-electron chi connectivity index (χ0n) is 14.3. The molecule has 0 atom stereocenters. The molecule has 26 heavy (non-hydrogen) atoms. The number of carbonyl (C=O) groups is 1. The van der Waals surface area contributed by atoms with E-state index >= 15 is 0 Å². The Balaban J connectivity index is 1.66. The molecule has 0 aliphatic carbocycles. The zero-order chi connectivity index (χ0) is 18.5. The van der Waals surface area contributed by atoms with Crippen molar-refractivity contribution in [3.8, 4) is 11.5 Å². The molecule has 0 fully saturated rings. The smallest absolute Gasteiger partial charge is 0.234 e. The van der Waals surface area contributed by atoms with Crippen molar-refractivity contribution >= 4 is 40.5 Å². The first kappa shape index (κ1) is 17.8. The lowest BCUT2D eigenvalue weighted by atomic mass is 10.2. The SMILES string of the molecule is CCOc1ccc(NC(=O)CSc2nc(N)nc3nc[nH]c23)cc1OC. The lowest BCUT2D eigenvalue weighted by Gasteiger charge is -2.11. The Hall–Kier alpha value is -3.01. The van der Waals surface area contributed by atoms with Crippen LogP contribution < -0.4 is 20.5 Å². The molecule has 10 heteroatoms. The van der Waals surface area contributed by atoms with Crippen LogP contribution in [0.1, 0.15) is 6.92 Å². The Morgan fingerprint density at radius 3 is 2.96 bits per heavy atom. The third-order valence-corrected chi connectivity index (χ3v) is 4.33. The molecule has 1 amide bonds. The highest BCUT2D eigenvalue weighted by Crippen LogP contribution is 2.30. The minimum absolute atomic E-state index is 0.115. The summed E-state index contributed by atoms with van der Waals surface area (Å²) in [5.41, 5.74) is 7.41. The van der Waals surface area contributed by atoms with Gasteiger partial charge >= 0.3 is 0 Å². The van der Waals surface area contributed by atoms with Gasteiger partial charge in [-0.15, -0.1) is 0 Å². The first-order valence-corrected chi connectivity index (χ1v) is 8.79. The van der Waals surface area contributed by atoms with Crippen LogP contribution in [0.2, 0.25) is 0 Å². The molecule has 2 aromatic heterocycles. The number of aromatic nitrogens is 4. The van der Waals surface area contributed by atoms with Gasteiger partial charge in [-0.2, -0.15) is 4.98 Å². The highest BCUT2D eigenvalue weighted by Gasteiger charge is 2.12. The van der Waals surface area contributed by atoms with Crippen LogP contribution in [0.5, 0.6) is 11.5 Å². The number of nitrogens with zero attached hydrogens (tertiary/aromatic N) is 3. The van der Waals surface area contributed by atoms with Gasteiger partial charge in [-0.25, -0.2) is 9.97 Å². The third kappa shape index (κ3) is 3.97. The number of H-pyrrole nitrogens is 1. The van der Waals surface area contributed by atoms with Gasteiger partial charge in [-0.1, -0.05) is 11.8 Å². The number of carbonyl (C=O) groups excluding carboxylic acids is 1. The number of rotatable bonds is 7. The predicted molar refractivity (Wildman–Crippen MR) is 99.6 cm³/mol. The molecular formula is C16H18N6O3S. The number of amides is 1. The van der Waals surface area contributed by atoms with E-state index < -0.39 is 0 Å². The quantitative estimate of drug-likeness (QED) is 0.423. The molecule has 3 rings (SSSR count). The number of hydrogen-bond donors (Lipinski definition) is 3. The Kier molecular flexibility index (Phi) is 5.42. The summed E-state index contributed by atoms with van der Waals surface area (Å²) in [6, 6.07) is 5.22. The van der Waals surface area contributed by atoms with E-state index in [-0.39, 0.29) is 17.6 Å². The number of nitrogen functional groups attached to an aromatic ring is 1. The van der Waals surface area contributed by atoms with Gasteiger partial charge in [0.1, 0.15) is 10.5 Å². The van der Waals surface area contributed by atoms with E-state index in [0.29, 0.717) is 40.0 Å². The van der Waals surface area contributed by atoms with Gasteiger partial charge in [0.2, 0.25) is 11.9 Å². The number of nitrogens with one attached hydrogen (secondary N) is 2. The molecule has 0 radical (unpaired) electrons. The minimum atomic E-state index is -0.189. The highest BCUT2D eigenvalue weighted by atomic mass is 32.2. The van der Waals surface area contributed by atoms with Crippen molar-refractivity contribution in [2.75, 3.05) is 30.5 Å². The highest BCUT2D eigenvalue weighted by molar-refractivity contribution is 8.00. The molecule has 0 unspecified atom stereocenters. The molecule has 0 saturated carbocycles. The van der Waals surface area contributed by atoms with Crippen LogP contribution in [0.4, 0.5) is 11.6 Å². The number of hydrogen-bond acceptors (Lipinski definition) is 8. The largest absolute Gasteiger partial charge is 0.493 e. The van der Waals surface area contributed by atoms with E-state index in [1.807, 2.05) is 6.92 Å². The fraction of sp³-hybridized carbons (Fsp3) is 0.250. The van der Waals surface area contributed by atoms with Gasteiger partial charge in [-0.05, 0) is 19.1 Å². The molecule has 0 aliphatic rings. The number of imidazole rings is 1. The van der Waals surface area contributed by atoms with Crippen molar-refractivity contribution in [3.63, 3.8) is 0 Å². The number of aromatic amines is 1. The monoisotopic (exact) mass is 374 g/mol. The van der Waals surface area contributed by atoms with Gasteiger partial charge in [0.25, 0.3) is 0 Å². The summed E-state index contributed by atoms with van der Waals surface area (Å²) in [5, 5.41) is 3.39. The number of benzene rings is 1. The van der Waals surface area contributed by atoms with Crippen LogP contribution in [0, 0.1) is 0 Å². The van der Waals surface area contributed by atoms with Gasteiger partial charge in [0.05, 0.1) is 25.8 Å². The average molecular weight is 374 g/mol. The molecule has 136 valence electrons. The summed E-state index contributed by atoms with van der Waals surface area (Å²) in [6.07, 6.45) is 1.51. The lowest BCUT2D eigenvalue weighted by Crippen LogP contribution is -2.14. The number of anilines is 2. The van der Waals surface area contributed by atoms with Crippen LogP contribution in [-0.4, -0.2) is 45.3 Å². The van der Waals surface area contributed by atoms with Gasteiger partial charge in [-0.3, -0.25) is 4.79 Å². The number of ether oxygens (including phenoxy) is 2. The van der Waals surface area contributed by atoms with Crippen LogP contribution in [0.25, 0.3) is 11.2 Å². The minimum Gasteiger partial charge on any atom is -0.493 e. The van der Waals surface area contributed by atoms with Crippen molar-refractivity contribution in [2.24, 2.45) is 0 Å². The molecular weight excluding hydrogens is 356 g/mol. The molecule has 0 saturated heterocycles. The van der Waals surface area contributed by atoms with Gasteiger partial charge in [0.15, 0.2) is 17.1 Å². The predicted octanol–water partition coefficient (Wildman–Crippen LogP) is 2.07. The maximum atomic E-state index is 12.3. The molecule has 4 N–H and O–H groups in total. The Morgan fingerprint density at radius 2 is 2.19 bits per heavy atom. The average Bonchev–Trinajstić information content (AvgIpc) is 3.09. The van der Waals surface area contributed by atoms with E-state index in [1.54, 1.807) is 25.3 Å². The topological polar surface area (TPSA) is 128 Å². The second-order valence-electron chi connectivity index (χ2n) is 5.12. The molecule has 0 aliphatic heterocycles. The van der Waals surface area contributed by atoms with Crippen LogP contribution >= 0.6 is 11.8 Å². The molecule has 0 spiro atoms. The first-order chi connectivity index (χ1) is 12.6. The van der Waals surface area contributed by atoms with Crippen LogP contribution in [0.3, 0.4) is 0 Å². The fourth-order valence-corrected chi connectivity index (χ4v) is 3.07. The summed E-state index contributed by atoms with van der Waals surface area (Å²) in [5.74, 6) is 1.26. The summed E-state index contributed by atoms with van der Waals surface area (Å²) < 4.78 is 10.7. The van der Waals surface area contributed by atoms with Crippen molar-refractivity contribution in [2.45, 2.75) is 11.9 Å². The summed E-state index contributed by atoms with van der Waals surface area (Å²) >= 11 is 1.25. The Labute approximate surface area is 153 Å². The maximum absolute atomic E-state index is 12.3. The summed E-state index contributed by atoms with van der Waals surface area (Å²) in [6.45, 7) is 2.42. The zero-order valence-corrected chi connectivity index (χ0v) is 15.1. The van der Waals surface area contributed by atoms with Crippen LogP contribution in [-0.2, 0) is 4.79 Å². The molecule has 3 aromatic rings. The van der Waals surface area contributed by atoms with Crippen molar-refractivity contribution < 1.29 is 14.3 Å². The van der Waals surface area contributed by atoms with E-state index in [0.717, 1.165) is 0 Å². The molecule has 0 bridgehead atoms. The van der Waals surface area contributed by atoms with Crippen molar-refractivity contribution in [1.29, 1.82) is 0 Å². The van der Waals surface area contributed by atoms with E-state index in [9.17, 15) is 4.79 Å². The van der Waals surface area contributed by atoms with Crippen LogP contribution in [0.15, 0.2) is 29.6 Å². The fourth-order valence-electron chi connectivity index (χ4n) is 2.28. The van der Waals surface area contributed by atoms with Gasteiger partial charge < -0.3 is 25.5 Å². The van der Waals surface area contributed by atoms with Crippen molar-refractivity contribution in [1.82, 2.24) is 19.9 Å². The Bertz CT molecular complexity index is 929. The van der Waals surface area contributed by atoms with E-state index in [4.69, 9.17) is 15.2 Å². The summed E-state index contributed by atoms with van der Waals surface area (Å²) in [4.78, 5) is 27.4. The first-order valence-electron chi connectivity index (χ1n) is 7.80.